The highest BCUT2D eigenvalue weighted by Crippen LogP contribution is 2.45. The van der Waals surface area contributed by atoms with Gasteiger partial charge in [-0.15, -0.1) is 0 Å². The van der Waals surface area contributed by atoms with Gasteiger partial charge < -0.3 is 4.57 Å². The maximum Gasteiger partial charge on any atom is 0.0541 e. The van der Waals surface area contributed by atoms with Crippen LogP contribution in [0.5, 0.6) is 0 Å². The third-order valence-corrected chi connectivity index (χ3v) is 11.1. The van der Waals surface area contributed by atoms with Crippen molar-refractivity contribution in [2.75, 3.05) is 0 Å². The molecule has 0 N–H and O–H groups in total. The zero-order chi connectivity index (χ0) is 35.7. The van der Waals surface area contributed by atoms with Gasteiger partial charge in [0.2, 0.25) is 0 Å². The van der Waals surface area contributed by atoms with Crippen LogP contribution in [0.2, 0.25) is 0 Å². The minimum atomic E-state index is 0.0359. The Morgan fingerprint density at radius 3 is 1.64 bits per heavy atom. The largest absolute Gasteiger partial charge is 0.309 e. The number of hydrogen-bond acceptors (Lipinski definition) is 0. The van der Waals surface area contributed by atoms with Crippen molar-refractivity contribution in [1.29, 1.82) is 0 Å². The van der Waals surface area contributed by atoms with Crippen molar-refractivity contribution in [2.24, 2.45) is 0 Å². The second-order valence-corrected chi connectivity index (χ2v) is 15.4. The quantitative estimate of drug-likeness (QED) is 0.163. The summed E-state index contributed by atoms with van der Waals surface area (Å²) in [5, 5.41) is 10.2. The van der Waals surface area contributed by atoms with Crippen LogP contribution in [0.3, 0.4) is 0 Å². The molecule has 0 atom stereocenters. The summed E-state index contributed by atoms with van der Waals surface area (Å²) in [5.41, 5.74) is 12.5. The summed E-state index contributed by atoms with van der Waals surface area (Å²) < 4.78 is 2.42. The first-order chi connectivity index (χ1) is 25.9. The van der Waals surface area contributed by atoms with Crippen molar-refractivity contribution in [3.8, 4) is 39.1 Å². The molecular weight excluding hydrogens is 639 g/mol. The van der Waals surface area contributed by atoms with E-state index in [-0.39, 0.29) is 5.41 Å². The standard InChI is InChI=1S/C52H39N/c1-52(2,3)40-26-29-45-47(33-40)51(35-14-5-4-6-15-35)44-19-10-9-18-43(44)50(45)36-23-27-41(28-24-36)53-48-20-12-11-17-42(48)46-32-39(25-30-49(46)53)38-22-21-34-13-7-8-16-37(34)31-38/h4-33H,1-3H3. The fraction of sp³-hybridized carbons (Fsp3) is 0.0769. The molecule has 252 valence electrons. The fourth-order valence-electron chi connectivity index (χ4n) is 8.45. The molecule has 10 aromatic rings. The first-order valence-corrected chi connectivity index (χ1v) is 18.6. The number of rotatable bonds is 4. The lowest BCUT2D eigenvalue weighted by atomic mass is 9.81. The van der Waals surface area contributed by atoms with Crippen molar-refractivity contribution < 1.29 is 0 Å². The van der Waals surface area contributed by atoms with E-state index < -0.39 is 0 Å². The molecule has 0 aliphatic rings. The number of fused-ring (bicyclic) bond motifs is 6. The molecule has 0 unspecified atom stereocenters. The van der Waals surface area contributed by atoms with E-state index in [1.54, 1.807) is 0 Å². The van der Waals surface area contributed by atoms with E-state index in [9.17, 15) is 0 Å². The van der Waals surface area contributed by atoms with E-state index in [1.165, 1.54) is 93.1 Å². The topological polar surface area (TPSA) is 4.93 Å². The average molecular weight is 678 g/mol. The van der Waals surface area contributed by atoms with Crippen molar-refractivity contribution in [1.82, 2.24) is 4.57 Å². The summed E-state index contributed by atoms with van der Waals surface area (Å²) in [6, 6.07) is 67.3. The maximum absolute atomic E-state index is 2.44. The highest BCUT2D eigenvalue weighted by molar-refractivity contribution is 6.21. The number of para-hydroxylation sites is 1. The summed E-state index contributed by atoms with van der Waals surface area (Å²) >= 11 is 0. The van der Waals surface area contributed by atoms with Crippen LogP contribution in [0.15, 0.2) is 182 Å². The first kappa shape index (κ1) is 31.3. The SMILES string of the molecule is CC(C)(C)c1ccc2c(-c3ccc(-n4c5ccccc5c5cc(-c6ccc7ccccc7c6)ccc54)cc3)c3ccccc3c(-c3ccccc3)c2c1. The van der Waals surface area contributed by atoms with Crippen LogP contribution in [0.4, 0.5) is 0 Å². The molecule has 0 spiro atoms. The van der Waals surface area contributed by atoms with Crippen LogP contribution in [-0.4, -0.2) is 4.57 Å². The molecule has 10 rings (SSSR count). The third kappa shape index (κ3) is 5.15. The van der Waals surface area contributed by atoms with Crippen molar-refractivity contribution in [3.05, 3.63) is 188 Å². The molecule has 53 heavy (non-hydrogen) atoms. The minimum absolute atomic E-state index is 0.0359. The molecule has 0 aliphatic carbocycles. The van der Waals surface area contributed by atoms with E-state index in [0.717, 1.165) is 5.69 Å². The van der Waals surface area contributed by atoms with Crippen molar-refractivity contribution >= 4 is 54.1 Å². The molecule has 1 aromatic heterocycles. The van der Waals surface area contributed by atoms with Gasteiger partial charge in [-0.1, -0.05) is 160 Å². The van der Waals surface area contributed by atoms with Gasteiger partial charge in [-0.3, -0.25) is 0 Å². The van der Waals surface area contributed by atoms with E-state index in [1.807, 2.05) is 0 Å². The van der Waals surface area contributed by atoms with Gasteiger partial charge >= 0.3 is 0 Å². The normalized spacial score (nSPS) is 12.1. The lowest BCUT2D eigenvalue weighted by Crippen LogP contribution is -2.10. The summed E-state index contributed by atoms with van der Waals surface area (Å²) in [5.74, 6) is 0. The van der Waals surface area contributed by atoms with Gasteiger partial charge in [0.05, 0.1) is 11.0 Å². The van der Waals surface area contributed by atoms with Gasteiger partial charge in [0, 0.05) is 16.5 Å². The molecule has 1 nitrogen and oxygen atoms in total. The molecule has 1 heterocycles. The Labute approximate surface area is 310 Å². The Morgan fingerprint density at radius 1 is 0.340 bits per heavy atom. The highest BCUT2D eigenvalue weighted by Gasteiger charge is 2.21. The van der Waals surface area contributed by atoms with Gasteiger partial charge in [-0.25, -0.2) is 0 Å². The van der Waals surface area contributed by atoms with Gasteiger partial charge in [0.1, 0.15) is 0 Å². The molecular formula is C52H39N. The summed E-state index contributed by atoms with van der Waals surface area (Å²) in [6.45, 7) is 6.90. The lowest BCUT2D eigenvalue weighted by molar-refractivity contribution is 0.591. The van der Waals surface area contributed by atoms with Crippen LogP contribution in [0.1, 0.15) is 26.3 Å². The summed E-state index contributed by atoms with van der Waals surface area (Å²) in [6.07, 6.45) is 0. The molecule has 0 saturated heterocycles. The van der Waals surface area contributed by atoms with E-state index >= 15 is 0 Å². The molecule has 0 saturated carbocycles. The number of benzene rings is 9. The van der Waals surface area contributed by atoms with Crippen LogP contribution < -0.4 is 0 Å². The Bertz CT molecular complexity index is 3010. The second kappa shape index (κ2) is 12.1. The Morgan fingerprint density at radius 2 is 0.887 bits per heavy atom. The molecule has 0 bridgehead atoms. The van der Waals surface area contributed by atoms with E-state index in [4.69, 9.17) is 0 Å². The molecule has 1 heteroatoms. The van der Waals surface area contributed by atoms with Crippen LogP contribution >= 0.6 is 0 Å². The molecule has 0 fully saturated rings. The van der Waals surface area contributed by atoms with Crippen LogP contribution in [0.25, 0.3) is 93.2 Å². The molecule has 0 radical (unpaired) electrons. The fourth-order valence-corrected chi connectivity index (χ4v) is 8.45. The highest BCUT2D eigenvalue weighted by atomic mass is 15.0. The van der Waals surface area contributed by atoms with E-state index in [0.29, 0.717) is 0 Å². The Balaban J connectivity index is 1.15. The van der Waals surface area contributed by atoms with Gasteiger partial charge in [-0.05, 0) is 119 Å². The predicted octanol–water partition coefficient (Wildman–Crippen LogP) is 14.5. The number of hydrogen-bond donors (Lipinski definition) is 0. The monoisotopic (exact) mass is 677 g/mol. The van der Waals surface area contributed by atoms with Crippen molar-refractivity contribution in [3.63, 3.8) is 0 Å². The smallest absolute Gasteiger partial charge is 0.0541 e. The number of nitrogens with zero attached hydrogens (tertiary/aromatic N) is 1. The van der Waals surface area contributed by atoms with Crippen LogP contribution in [-0.2, 0) is 5.41 Å². The van der Waals surface area contributed by atoms with Crippen molar-refractivity contribution in [2.45, 2.75) is 26.2 Å². The molecule has 0 amide bonds. The minimum Gasteiger partial charge on any atom is -0.309 e. The van der Waals surface area contributed by atoms with Crippen LogP contribution in [0, 0.1) is 0 Å². The first-order valence-electron chi connectivity index (χ1n) is 18.6. The van der Waals surface area contributed by atoms with Gasteiger partial charge in [0.25, 0.3) is 0 Å². The van der Waals surface area contributed by atoms with Gasteiger partial charge in [-0.2, -0.15) is 0 Å². The summed E-state index contributed by atoms with van der Waals surface area (Å²) in [7, 11) is 0. The average Bonchev–Trinajstić information content (AvgIpc) is 3.53. The zero-order valence-electron chi connectivity index (χ0n) is 30.3. The molecule has 9 aromatic carbocycles. The maximum atomic E-state index is 2.44. The second-order valence-electron chi connectivity index (χ2n) is 15.4. The Kier molecular flexibility index (Phi) is 7.13. The zero-order valence-corrected chi connectivity index (χ0v) is 30.3. The van der Waals surface area contributed by atoms with E-state index in [2.05, 4.69) is 207 Å². The summed E-state index contributed by atoms with van der Waals surface area (Å²) in [4.78, 5) is 0. The Hall–Kier alpha value is -6.44. The number of aromatic nitrogens is 1. The predicted molar refractivity (Wildman–Crippen MR) is 228 cm³/mol. The third-order valence-electron chi connectivity index (χ3n) is 11.1. The lowest BCUT2D eigenvalue weighted by Gasteiger charge is -2.23. The molecule has 0 aliphatic heterocycles. The van der Waals surface area contributed by atoms with Gasteiger partial charge in [0.15, 0.2) is 0 Å².